The van der Waals surface area contributed by atoms with Crippen LogP contribution in [0.5, 0.6) is 0 Å². The second-order valence-electron chi connectivity index (χ2n) is 6.24. The summed E-state index contributed by atoms with van der Waals surface area (Å²) in [5.41, 5.74) is 1.16. The Kier molecular flexibility index (Phi) is 4.68. The van der Waals surface area contributed by atoms with Crippen molar-refractivity contribution in [3.05, 3.63) is 64.7 Å². The first-order valence-corrected chi connectivity index (χ1v) is 9.22. The average molecular weight is 445 g/mol. The third kappa shape index (κ3) is 3.29. The van der Waals surface area contributed by atoms with Gasteiger partial charge in [-0.3, -0.25) is 14.6 Å². The largest absolute Gasteiger partial charge is 0.419 e. The molecule has 2 aromatic carbocycles. The van der Waals surface area contributed by atoms with Crippen LogP contribution in [0.15, 0.2) is 57.4 Å². The maximum atomic E-state index is 13.2. The van der Waals surface area contributed by atoms with Crippen LogP contribution >= 0.6 is 15.9 Å². The van der Waals surface area contributed by atoms with E-state index >= 15 is 0 Å². The lowest BCUT2D eigenvalue weighted by Crippen LogP contribution is -2.33. The summed E-state index contributed by atoms with van der Waals surface area (Å²) in [5.74, 6) is -0.377. The lowest BCUT2D eigenvalue weighted by Gasteiger charge is -2.19. The van der Waals surface area contributed by atoms with Crippen molar-refractivity contribution in [3.8, 4) is 11.5 Å². The van der Waals surface area contributed by atoms with Crippen molar-refractivity contribution < 1.29 is 18.4 Å². The number of benzene rings is 2. The van der Waals surface area contributed by atoms with Crippen LogP contribution in [0, 0.1) is 5.82 Å². The van der Waals surface area contributed by atoms with Crippen molar-refractivity contribution in [1.82, 2.24) is 15.1 Å². The summed E-state index contributed by atoms with van der Waals surface area (Å²) < 4.78 is 19.6. The number of halogens is 2. The molecule has 9 heteroatoms. The molecule has 0 N–H and O–H groups in total. The Hall–Kier alpha value is -3.07. The van der Waals surface area contributed by atoms with E-state index in [4.69, 9.17) is 4.42 Å². The highest BCUT2D eigenvalue weighted by atomic mass is 79.9. The van der Waals surface area contributed by atoms with Gasteiger partial charge in [-0.1, -0.05) is 22.0 Å². The average Bonchev–Trinajstić information content (AvgIpc) is 3.23. The van der Waals surface area contributed by atoms with Crippen LogP contribution in [0.1, 0.15) is 12.8 Å². The summed E-state index contributed by atoms with van der Waals surface area (Å²) in [6.07, 6.45) is 0. The first-order valence-electron chi connectivity index (χ1n) is 8.42. The van der Waals surface area contributed by atoms with Crippen molar-refractivity contribution in [2.45, 2.75) is 19.5 Å². The van der Waals surface area contributed by atoms with Gasteiger partial charge in [0.1, 0.15) is 18.4 Å². The second kappa shape index (κ2) is 7.16. The molecule has 142 valence electrons. The minimum absolute atomic E-state index is 0.138. The highest BCUT2D eigenvalue weighted by Crippen LogP contribution is 2.28. The molecule has 0 radical (unpaired) electrons. The summed E-state index contributed by atoms with van der Waals surface area (Å²) in [6, 6.07) is 11.5. The van der Waals surface area contributed by atoms with Gasteiger partial charge < -0.3 is 4.42 Å². The van der Waals surface area contributed by atoms with E-state index in [-0.39, 0.29) is 12.4 Å². The number of nitrogens with zero attached hydrogens (tertiary/aromatic N) is 4. The molecular formula is C19H14BrFN4O3. The number of urea groups is 1. The third-order valence-corrected chi connectivity index (χ3v) is 4.88. The number of hydrogen-bond donors (Lipinski definition) is 0. The van der Waals surface area contributed by atoms with Crippen LogP contribution < -0.4 is 4.90 Å². The number of hydrogen-bond acceptors (Lipinski definition) is 5. The molecule has 0 spiro atoms. The zero-order chi connectivity index (χ0) is 19.8. The fraction of sp³-hybridized carbons (Fsp3) is 0.158. The molecule has 3 amide bonds. The summed E-state index contributed by atoms with van der Waals surface area (Å²) in [5, 5.41) is 7.93. The minimum atomic E-state index is -0.717. The Morgan fingerprint density at radius 3 is 2.61 bits per heavy atom. The van der Waals surface area contributed by atoms with Crippen molar-refractivity contribution >= 4 is 33.6 Å². The highest BCUT2D eigenvalue weighted by molar-refractivity contribution is 9.10. The maximum Gasteiger partial charge on any atom is 0.332 e. The summed E-state index contributed by atoms with van der Waals surface area (Å²) >= 11 is 3.38. The quantitative estimate of drug-likeness (QED) is 0.568. The van der Waals surface area contributed by atoms with Crippen LogP contribution in [0.25, 0.3) is 11.5 Å². The molecule has 1 unspecified atom stereocenters. The summed E-state index contributed by atoms with van der Waals surface area (Å²) in [4.78, 5) is 27.7. The Morgan fingerprint density at radius 1 is 1.14 bits per heavy atom. The van der Waals surface area contributed by atoms with Gasteiger partial charge >= 0.3 is 6.03 Å². The van der Waals surface area contributed by atoms with Crippen LogP contribution in [-0.2, 0) is 11.3 Å². The van der Waals surface area contributed by atoms with E-state index < -0.39 is 23.8 Å². The molecule has 3 aromatic rings. The normalized spacial score (nSPS) is 16.9. The van der Waals surface area contributed by atoms with Gasteiger partial charge in [0, 0.05) is 15.7 Å². The Morgan fingerprint density at radius 2 is 1.89 bits per heavy atom. The number of carbonyl (C=O) groups is 2. The Bertz CT molecular complexity index is 1050. The van der Waals surface area contributed by atoms with Crippen LogP contribution in [0.4, 0.5) is 14.9 Å². The van der Waals surface area contributed by atoms with Crippen LogP contribution in [0.3, 0.4) is 0 Å². The summed E-state index contributed by atoms with van der Waals surface area (Å²) in [6.45, 7) is 1.48. The number of aromatic nitrogens is 2. The van der Waals surface area contributed by atoms with Crippen LogP contribution in [0.2, 0.25) is 0 Å². The van der Waals surface area contributed by atoms with Crippen LogP contribution in [-0.4, -0.2) is 33.1 Å². The first-order chi connectivity index (χ1) is 13.4. The van der Waals surface area contributed by atoms with E-state index in [1.807, 2.05) is 24.3 Å². The number of rotatable bonds is 4. The van der Waals surface area contributed by atoms with E-state index in [1.54, 1.807) is 6.92 Å². The lowest BCUT2D eigenvalue weighted by molar-refractivity contribution is -0.127. The monoisotopic (exact) mass is 444 g/mol. The molecule has 0 aliphatic carbocycles. The van der Waals surface area contributed by atoms with Gasteiger partial charge in [0.25, 0.3) is 5.91 Å². The fourth-order valence-electron chi connectivity index (χ4n) is 3.00. The van der Waals surface area contributed by atoms with Crippen molar-refractivity contribution in [2.24, 2.45) is 0 Å². The SMILES string of the molecule is CC1C(=O)N(Cc2nnc(-c3cccc(Br)c3)o2)C(=O)N1c1ccc(F)cc1. The molecule has 7 nitrogen and oxygen atoms in total. The Labute approximate surface area is 167 Å². The zero-order valence-electron chi connectivity index (χ0n) is 14.7. The van der Waals surface area contributed by atoms with Gasteiger partial charge in [-0.15, -0.1) is 10.2 Å². The molecule has 4 rings (SSSR count). The second-order valence-corrected chi connectivity index (χ2v) is 7.16. The van der Waals surface area contributed by atoms with Gasteiger partial charge in [-0.2, -0.15) is 0 Å². The van der Waals surface area contributed by atoms with E-state index in [9.17, 15) is 14.0 Å². The number of imide groups is 1. The predicted octanol–water partition coefficient (Wildman–Crippen LogP) is 4.00. The highest BCUT2D eigenvalue weighted by Gasteiger charge is 2.44. The predicted molar refractivity (Wildman–Crippen MR) is 102 cm³/mol. The minimum Gasteiger partial charge on any atom is -0.419 e. The standard InChI is InChI=1S/C19H14BrFN4O3/c1-11-18(26)24(19(27)25(11)15-7-5-14(21)6-8-15)10-16-22-23-17(28-16)12-3-2-4-13(20)9-12/h2-9,11H,10H2,1H3. The van der Waals surface area contributed by atoms with Gasteiger partial charge in [0.05, 0.1) is 0 Å². The molecular weight excluding hydrogens is 431 g/mol. The van der Waals surface area contributed by atoms with Crippen molar-refractivity contribution in [1.29, 1.82) is 0 Å². The zero-order valence-corrected chi connectivity index (χ0v) is 16.3. The molecule has 1 atom stereocenters. The fourth-order valence-corrected chi connectivity index (χ4v) is 3.40. The molecule has 1 saturated heterocycles. The molecule has 1 fully saturated rings. The maximum absolute atomic E-state index is 13.2. The molecule has 1 aromatic heterocycles. The molecule has 28 heavy (non-hydrogen) atoms. The molecule has 1 aliphatic heterocycles. The van der Waals surface area contributed by atoms with Gasteiger partial charge in [0.15, 0.2) is 0 Å². The van der Waals surface area contributed by atoms with Gasteiger partial charge in [-0.05, 0) is 49.4 Å². The van der Waals surface area contributed by atoms with Gasteiger partial charge in [-0.25, -0.2) is 9.18 Å². The van der Waals surface area contributed by atoms with E-state index in [0.29, 0.717) is 17.1 Å². The summed E-state index contributed by atoms with van der Waals surface area (Å²) in [7, 11) is 0. The number of amides is 3. The van der Waals surface area contributed by atoms with E-state index in [0.717, 1.165) is 9.37 Å². The first kappa shape index (κ1) is 18.3. The molecule has 2 heterocycles. The smallest absolute Gasteiger partial charge is 0.332 e. The lowest BCUT2D eigenvalue weighted by atomic mass is 10.2. The number of carbonyl (C=O) groups excluding carboxylic acids is 2. The molecule has 0 bridgehead atoms. The topological polar surface area (TPSA) is 79.5 Å². The van der Waals surface area contributed by atoms with Crippen molar-refractivity contribution in [3.63, 3.8) is 0 Å². The van der Waals surface area contributed by atoms with Crippen molar-refractivity contribution in [2.75, 3.05) is 4.90 Å². The molecule has 1 aliphatic rings. The Balaban J connectivity index is 1.56. The van der Waals surface area contributed by atoms with E-state index in [2.05, 4.69) is 26.1 Å². The third-order valence-electron chi connectivity index (χ3n) is 4.38. The number of anilines is 1. The van der Waals surface area contributed by atoms with Gasteiger partial charge in [0.2, 0.25) is 11.8 Å². The van der Waals surface area contributed by atoms with E-state index in [1.165, 1.54) is 29.2 Å². The molecule has 0 saturated carbocycles.